The van der Waals surface area contributed by atoms with Gasteiger partial charge in [0.05, 0.1) is 10.6 Å². The fraction of sp³-hybridized carbons (Fsp3) is 0.407. The van der Waals surface area contributed by atoms with E-state index in [-0.39, 0.29) is 16.4 Å². The Balaban J connectivity index is 1.68. The molecule has 1 heterocycles. The largest absolute Gasteiger partial charge is 0.353 e. The first-order valence-corrected chi connectivity index (χ1v) is 13.4. The number of hydrogen-bond acceptors (Lipinski definition) is 5. The summed E-state index contributed by atoms with van der Waals surface area (Å²) in [7, 11) is -0.496. The fourth-order valence-electron chi connectivity index (χ4n) is 4.97. The van der Waals surface area contributed by atoms with Crippen molar-refractivity contribution in [1.29, 1.82) is 0 Å². The summed E-state index contributed by atoms with van der Waals surface area (Å²) in [6.45, 7) is 3.01. The van der Waals surface area contributed by atoms with Crippen LogP contribution in [0.5, 0.6) is 0 Å². The van der Waals surface area contributed by atoms with Gasteiger partial charge in [-0.15, -0.1) is 0 Å². The van der Waals surface area contributed by atoms with Crippen LogP contribution in [0.3, 0.4) is 0 Å². The molecule has 2 aromatic carbocycles. The summed E-state index contributed by atoms with van der Waals surface area (Å²) >= 11 is 0. The van der Waals surface area contributed by atoms with Crippen molar-refractivity contribution in [3.63, 3.8) is 0 Å². The predicted molar refractivity (Wildman–Crippen MR) is 134 cm³/mol. The van der Waals surface area contributed by atoms with Gasteiger partial charge < -0.3 is 14.8 Å². The molecule has 1 aliphatic carbocycles. The highest BCUT2D eigenvalue weighted by Gasteiger charge is 2.36. The molecular weight excluding hydrogens is 467 g/mol. The maximum absolute atomic E-state index is 14.7. The van der Waals surface area contributed by atoms with E-state index in [0.717, 1.165) is 36.8 Å². The Hall–Kier alpha value is -2.52. The molecule has 4 rings (SSSR count). The van der Waals surface area contributed by atoms with Crippen molar-refractivity contribution in [2.75, 3.05) is 20.8 Å². The Labute approximate surface area is 207 Å². The topological polar surface area (TPSA) is 69.6 Å². The summed E-state index contributed by atoms with van der Waals surface area (Å²) in [4.78, 5) is 0.188. The summed E-state index contributed by atoms with van der Waals surface area (Å²) in [6, 6.07) is 15.1. The zero-order valence-electron chi connectivity index (χ0n) is 20.5. The average Bonchev–Trinajstić information content (AvgIpc) is 3.30. The van der Waals surface area contributed by atoms with E-state index in [4.69, 9.17) is 9.47 Å². The van der Waals surface area contributed by atoms with Gasteiger partial charge in [0.1, 0.15) is 5.82 Å². The summed E-state index contributed by atoms with van der Waals surface area (Å²) in [6.07, 6.45) is 4.75. The zero-order valence-corrected chi connectivity index (χ0v) is 21.3. The van der Waals surface area contributed by atoms with Gasteiger partial charge in [-0.2, -0.15) is 0 Å². The van der Waals surface area contributed by atoms with E-state index in [2.05, 4.69) is 5.32 Å². The van der Waals surface area contributed by atoms with Gasteiger partial charge in [-0.05, 0) is 74.2 Å². The third kappa shape index (κ3) is 5.21. The number of aromatic nitrogens is 1. The molecule has 35 heavy (non-hydrogen) atoms. The van der Waals surface area contributed by atoms with Crippen LogP contribution < -0.4 is 5.32 Å². The van der Waals surface area contributed by atoms with E-state index in [9.17, 15) is 12.8 Å². The van der Waals surface area contributed by atoms with Crippen molar-refractivity contribution in [3.8, 4) is 11.3 Å². The normalized spacial score (nSPS) is 20.7. The van der Waals surface area contributed by atoms with Gasteiger partial charge in [0.15, 0.2) is 5.79 Å². The predicted octanol–water partition coefficient (Wildman–Crippen LogP) is 5.29. The van der Waals surface area contributed by atoms with Gasteiger partial charge >= 0.3 is 0 Å². The Morgan fingerprint density at radius 3 is 2.51 bits per heavy atom. The molecule has 1 saturated carbocycles. The minimum atomic E-state index is -3.96. The quantitative estimate of drug-likeness (QED) is 0.405. The van der Waals surface area contributed by atoms with Crippen LogP contribution in [0.15, 0.2) is 65.7 Å². The van der Waals surface area contributed by atoms with Crippen molar-refractivity contribution in [1.82, 2.24) is 9.29 Å². The lowest BCUT2D eigenvalue weighted by atomic mass is 9.81. The van der Waals surface area contributed by atoms with Gasteiger partial charge in [-0.25, -0.2) is 16.8 Å². The minimum Gasteiger partial charge on any atom is -0.353 e. The lowest BCUT2D eigenvalue weighted by Gasteiger charge is -2.38. The van der Waals surface area contributed by atoms with Gasteiger partial charge in [0.25, 0.3) is 10.0 Å². The number of ether oxygens (including phenoxy) is 2. The molecule has 0 unspecified atom stereocenters. The Kier molecular flexibility index (Phi) is 7.76. The SMILES string of the molecule is CCOC1(OC)CCC(c2cccc(S(=O)(=O)n3cc(CNC)cc3-c3ccccc3F)c2)CC1. The van der Waals surface area contributed by atoms with E-state index in [0.29, 0.717) is 18.8 Å². The molecule has 1 N–H and O–H groups in total. The van der Waals surface area contributed by atoms with Crippen LogP contribution >= 0.6 is 0 Å². The molecule has 0 aliphatic heterocycles. The van der Waals surface area contributed by atoms with E-state index in [1.54, 1.807) is 62.8 Å². The lowest BCUT2D eigenvalue weighted by Crippen LogP contribution is -2.38. The number of nitrogens with zero attached hydrogens (tertiary/aromatic N) is 1. The van der Waals surface area contributed by atoms with Crippen LogP contribution in [-0.4, -0.2) is 38.9 Å². The summed E-state index contributed by atoms with van der Waals surface area (Å²) in [5.74, 6) is -0.812. The van der Waals surface area contributed by atoms with E-state index < -0.39 is 21.6 Å². The molecule has 0 spiro atoms. The minimum absolute atomic E-state index is 0.188. The smallest absolute Gasteiger partial charge is 0.268 e. The Morgan fingerprint density at radius 1 is 1.11 bits per heavy atom. The molecule has 0 bridgehead atoms. The molecule has 0 atom stereocenters. The molecule has 0 radical (unpaired) electrons. The third-order valence-electron chi connectivity index (χ3n) is 6.79. The first-order chi connectivity index (χ1) is 16.8. The van der Waals surface area contributed by atoms with E-state index >= 15 is 0 Å². The van der Waals surface area contributed by atoms with Crippen LogP contribution in [-0.2, 0) is 26.0 Å². The van der Waals surface area contributed by atoms with Crippen molar-refractivity contribution < 1.29 is 22.3 Å². The number of benzene rings is 2. The molecule has 0 saturated heterocycles. The second kappa shape index (κ2) is 10.6. The second-order valence-electron chi connectivity index (χ2n) is 8.94. The zero-order chi connectivity index (χ0) is 25.1. The Bertz CT molecular complexity index is 1260. The highest BCUT2D eigenvalue weighted by Crippen LogP contribution is 2.41. The van der Waals surface area contributed by atoms with Crippen LogP contribution in [0.2, 0.25) is 0 Å². The standard InChI is InChI=1S/C27H33FN2O4S/c1-4-34-27(33-3)14-12-21(13-15-27)22-8-7-9-23(17-22)35(31,32)30-19-20(18-29-2)16-26(30)24-10-5-6-11-25(24)28/h5-11,16-17,19,21,29H,4,12-15,18H2,1-3H3. The number of halogens is 1. The number of rotatable bonds is 9. The number of hydrogen-bond donors (Lipinski definition) is 1. The maximum Gasteiger partial charge on any atom is 0.268 e. The van der Waals surface area contributed by atoms with Crippen LogP contribution in [0.1, 0.15) is 49.7 Å². The number of nitrogens with one attached hydrogen (secondary N) is 1. The highest BCUT2D eigenvalue weighted by atomic mass is 32.2. The molecular formula is C27H33FN2O4S. The van der Waals surface area contributed by atoms with Crippen molar-refractivity contribution >= 4 is 10.0 Å². The van der Waals surface area contributed by atoms with E-state index in [1.165, 1.54) is 10.0 Å². The summed E-state index contributed by atoms with van der Waals surface area (Å²) in [5, 5.41) is 3.03. The summed E-state index contributed by atoms with van der Waals surface area (Å²) in [5.41, 5.74) is 2.28. The fourth-order valence-corrected chi connectivity index (χ4v) is 6.41. The van der Waals surface area contributed by atoms with E-state index in [1.807, 2.05) is 13.0 Å². The molecule has 1 aromatic heterocycles. The first-order valence-electron chi connectivity index (χ1n) is 12.0. The van der Waals surface area contributed by atoms with Gasteiger partial charge in [-0.1, -0.05) is 24.3 Å². The van der Waals surface area contributed by atoms with Gasteiger partial charge in [0, 0.05) is 44.9 Å². The van der Waals surface area contributed by atoms with Gasteiger partial charge in [0.2, 0.25) is 0 Å². The Morgan fingerprint density at radius 2 is 1.86 bits per heavy atom. The van der Waals surface area contributed by atoms with Crippen molar-refractivity contribution in [2.45, 2.75) is 55.8 Å². The average molecular weight is 501 g/mol. The summed E-state index contributed by atoms with van der Waals surface area (Å²) < 4.78 is 55.0. The first kappa shape index (κ1) is 25.6. The van der Waals surface area contributed by atoms with Crippen molar-refractivity contribution in [3.05, 3.63) is 77.7 Å². The molecule has 1 aliphatic rings. The molecule has 8 heteroatoms. The maximum atomic E-state index is 14.7. The second-order valence-corrected chi connectivity index (χ2v) is 10.8. The number of methoxy groups -OCH3 is 1. The monoisotopic (exact) mass is 500 g/mol. The van der Waals surface area contributed by atoms with Crippen LogP contribution in [0.4, 0.5) is 4.39 Å². The molecule has 188 valence electrons. The third-order valence-corrected chi connectivity index (χ3v) is 8.46. The molecule has 6 nitrogen and oxygen atoms in total. The van der Waals surface area contributed by atoms with Crippen molar-refractivity contribution in [2.24, 2.45) is 0 Å². The molecule has 1 fully saturated rings. The van der Waals surface area contributed by atoms with Crippen LogP contribution in [0.25, 0.3) is 11.3 Å². The van der Waals surface area contributed by atoms with Gasteiger partial charge in [-0.3, -0.25) is 0 Å². The molecule has 0 amide bonds. The van der Waals surface area contributed by atoms with Crippen LogP contribution in [0, 0.1) is 5.82 Å². The molecule has 3 aromatic rings. The lowest BCUT2D eigenvalue weighted by molar-refractivity contribution is -0.237. The highest BCUT2D eigenvalue weighted by molar-refractivity contribution is 7.90.